The number of aromatic nitrogens is 2. The number of rotatable bonds is 3. The topological polar surface area (TPSA) is 88.0 Å². The van der Waals surface area contributed by atoms with Gasteiger partial charge in [-0.2, -0.15) is 0 Å². The quantitative estimate of drug-likeness (QED) is 0.687. The van der Waals surface area contributed by atoms with E-state index in [0.717, 1.165) is 45.1 Å². The van der Waals surface area contributed by atoms with E-state index < -0.39 is 0 Å². The lowest BCUT2D eigenvalue weighted by atomic mass is 10.2. The van der Waals surface area contributed by atoms with Crippen molar-refractivity contribution in [2.24, 2.45) is 0 Å². The summed E-state index contributed by atoms with van der Waals surface area (Å²) < 4.78 is 11.7. The van der Waals surface area contributed by atoms with Crippen molar-refractivity contribution in [1.29, 1.82) is 0 Å². The van der Waals surface area contributed by atoms with Crippen LogP contribution in [0.1, 0.15) is 17.4 Å². The molecule has 1 fully saturated rings. The molecule has 1 aromatic carbocycles. The van der Waals surface area contributed by atoms with Gasteiger partial charge < -0.3 is 19.5 Å². The lowest BCUT2D eigenvalue weighted by Gasteiger charge is -2.28. The number of amides is 1. The number of anilines is 1. The zero-order valence-corrected chi connectivity index (χ0v) is 17.4. The number of morpholine rings is 1. The van der Waals surface area contributed by atoms with Gasteiger partial charge in [-0.05, 0) is 19.1 Å². The average molecular weight is 426 g/mol. The molecule has 4 heterocycles. The van der Waals surface area contributed by atoms with Crippen LogP contribution in [0.5, 0.6) is 5.75 Å². The monoisotopic (exact) mass is 426 g/mol. The Balaban J connectivity index is 1.62. The fourth-order valence-electron chi connectivity index (χ4n) is 3.87. The fourth-order valence-corrected chi connectivity index (χ4v) is 5.16. The van der Waals surface area contributed by atoms with Gasteiger partial charge in [-0.1, -0.05) is 12.1 Å². The van der Waals surface area contributed by atoms with E-state index in [0.29, 0.717) is 38.7 Å². The Kier molecular flexibility index (Phi) is 4.92. The first-order valence-corrected chi connectivity index (χ1v) is 10.8. The molecule has 0 unspecified atom stereocenters. The van der Waals surface area contributed by atoms with E-state index >= 15 is 0 Å². The van der Waals surface area contributed by atoms with Crippen LogP contribution in [0.25, 0.3) is 21.6 Å². The van der Waals surface area contributed by atoms with Crippen LogP contribution in [0.2, 0.25) is 0 Å². The smallest absolute Gasteiger partial charge is 0.410 e. The third-order valence-corrected chi connectivity index (χ3v) is 6.52. The summed E-state index contributed by atoms with van der Waals surface area (Å²) in [4.78, 5) is 27.0. The minimum absolute atomic E-state index is 0.174. The predicted molar refractivity (Wildman–Crippen MR) is 114 cm³/mol. The average Bonchev–Trinajstić information content (AvgIpc) is 3.32. The molecular weight excluding hydrogens is 404 g/mol. The maximum absolute atomic E-state index is 12.2. The molecule has 2 aromatic heterocycles. The van der Waals surface area contributed by atoms with Gasteiger partial charge in [-0.15, -0.1) is 11.3 Å². The van der Waals surface area contributed by atoms with Gasteiger partial charge in [0, 0.05) is 29.1 Å². The van der Waals surface area contributed by atoms with Crippen molar-refractivity contribution in [3.63, 3.8) is 0 Å². The van der Waals surface area contributed by atoms with Gasteiger partial charge in [-0.25, -0.2) is 14.8 Å². The zero-order chi connectivity index (χ0) is 20.7. The summed E-state index contributed by atoms with van der Waals surface area (Å²) in [6.45, 7) is 6.03. The van der Waals surface area contributed by atoms with E-state index in [1.807, 2.05) is 13.0 Å². The van der Waals surface area contributed by atoms with Gasteiger partial charge in [0.25, 0.3) is 0 Å². The summed E-state index contributed by atoms with van der Waals surface area (Å²) >= 11 is 1.65. The number of carbonyl (C=O) groups excluding carboxylic acids is 1. The molecule has 2 aliphatic rings. The van der Waals surface area contributed by atoms with E-state index in [-0.39, 0.29) is 11.8 Å². The van der Waals surface area contributed by atoms with Crippen molar-refractivity contribution in [2.75, 3.05) is 37.8 Å². The fraction of sp³-hybridized carbons (Fsp3) is 0.381. The molecular formula is C21H22N4O4S. The van der Waals surface area contributed by atoms with Crippen LogP contribution in [-0.2, 0) is 22.6 Å². The Hall–Kier alpha value is -2.91. The normalized spacial score (nSPS) is 16.2. The van der Waals surface area contributed by atoms with E-state index in [1.165, 1.54) is 0 Å². The molecule has 8 nitrogen and oxygen atoms in total. The summed E-state index contributed by atoms with van der Waals surface area (Å²) in [5.74, 6) is 1.63. The molecule has 0 bridgehead atoms. The molecule has 30 heavy (non-hydrogen) atoms. The Bertz CT molecular complexity index is 1110. The van der Waals surface area contributed by atoms with Gasteiger partial charge in [-0.3, -0.25) is 4.90 Å². The third-order valence-electron chi connectivity index (χ3n) is 5.32. The molecule has 0 radical (unpaired) electrons. The second-order valence-corrected chi connectivity index (χ2v) is 8.36. The summed E-state index contributed by atoms with van der Waals surface area (Å²) in [5.41, 5.74) is 2.68. The molecule has 3 aromatic rings. The molecule has 1 amide bonds. The second kappa shape index (κ2) is 7.73. The summed E-state index contributed by atoms with van der Waals surface area (Å²) in [6, 6.07) is 6.97. The van der Waals surface area contributed by atoms with E-state index in [2.05, 4.69) is 4.90 Å². The number of nitrogens with zero attached hydrogens (tertiary/aromatic N) is 4. The highest BCUT2D eigenvalue weighted by molar-refractivity contribution is 7.19. The van der Waals surface area contributed by atoms with Crippen LogP contribution in [0.15, 0.2) is 24.3 Å². The number of ether oxygens (including phenoxy) is 2. The lowest BCUT2D eigenvalue weighted by molar-refractivity contribution is 0.107. The molecule has 0 saturated carbocycles. The Morgan fingerprint density at radius 2 is 2.10 bits per heavy atom. The summed E-state index contributed by atoms with van der Waals surface area (Å²) in [7, 11) is 0. The molecule has 5 rings (SSSR count). The first-order valence-electron chi connectivity index (χ1n) is 10.00. The lowest BCUT2D eigenvalue weighted by Crippen LogP contribution is -2.37. The number of carbonyl (C=O) groups is 1. The number of thiophene rings is 1. The SMILES string of the molecule is CCOC(=O)N1Cc2sc3c(N4CCOCC4)nc(-c4cccc(O)c4)nc3c2C1. The van der Waals surface area contributed by atoms with E-state index in [4.69, 9.17) is 19.4 Å². The summed E-state index contributed by atoms with van der Waals surface area (Å²) in [6.07, 6.45) is -0.301. The zero-order valence-electron chi connectivity index (χ0n) is 16.6. The largest absolute Gasteiger partial charge is 0.508 e. The van der Waals surface area contributed by atoms with Crippen LogP contribution < -0.4 is 4.90 Å². The first-order chi connectivity index (χ1) is 14.6. The molecule has 156 valence electrons. The van der Waals surface area contributed by atoms with Crippen molar-refractivity contribution in [1.82, 2.24) is 14.9 Å². The number of hydrogen-bond donors (Lipinski definition) is 1. The molecule has 0 aliphatic carbocycles. The molecule has 1 N–H and O–H groups in total. The first kappa shape index (κ1) is 19.1. The molecule has 0 spiro atoms. The van der Waals surface area contributed by atoms with Crippen molar-refractivity contribution >= 4 is 33.5 Å². The Morgan fingerprint density at radius 3 is 2.87 bits per heavy atom. The maximum Gasteiger partial charge on any atom is 0.410 e. The maximum atomic E-state index is 12.2. The molecule has 1 saturated heterocycles. The second-order valence-electron chi connectivity index (χ2n) is 7.26. The molecule has 2 aliphatic heterocycles. The molecule has 9 heteroatoms. The molecule has 0 atom stereocenters. The van der Waals surface area contributed by atoms with Crippen molar-refractivity contribution < 1.29 is 19.4 Å². The van der Waals surface area contributed by atoms with Crippen LogP contribution in [-0.4, -0.2) is 59.0 Å². The number of hydrogen-bond acceptors (Lipinski definition) is 8. The minimum atomic E-state index is -0.301. The number of phenols is 1. The summed E-state index contributed by atoms with van der Waals surface area (Å²) in [5, 5.41) is 9.93. The van der Waals surface area contributed by atoms with Crippen molar-refractivity contribution in [3.05, 3.63) is 34.7 Å². The highest BCUT2D eigenvalue weighted by atomic mass is 32.1. The highest BCUT2D eigenvalue weighted by Crippen LogP contribution is 2.42. The van der Waals surface area contributed by atoms with Gasteiger partial charge in [0.05, 0.1) is 43.1 Å². The third kappa shape index (κ3) is 3.33. The van der Waals surface area contributed by atoms with Crippen molar-refractivity contribution in [2.45, 2.75) is 20.0 Å². The van der Waals surface area contributed by atoms with Gasteiger partial charge in [0.2, 0.25) is 0 Å². The predicted octanol–water partition coefficient (Wildman–Crippen LogP) is 3.37. The van der Waals surface area contributed by atoms with E-state index in [9.17, 15) is 9.90 Å². The Morgan fingerprint density at radius 1 is 1.27 bits per heavy atom. The van der Waals surface area contributed by atoms with Gasteiger partial charge in [0.1, 0.15) is 5.75 Å². The van der Waals surface area contributed by atoms with Gasteiger partial charge >= 0.3 is 6.09 Å². The van der Waals surface area contributed by atoms with Gasteiger partial charge in [0.15, 0.2) is 11.6 Å². The number of fused-ring (bicyclic) bond motifs is 3. The highest BCUT2D eigenvalue weighted by Gasteiger charge is 2.31. The van der Waals surface area contributed by atoms with E-state index in [1.54, 1.807) is 34.4 Å². The number of aromatic hydroxyl groups is 1. The van der Waals surface area contributed by atoms with Crippen molar-refractivity contribution in [3.8, 4) is 17.1 Å². The number of benzene rings is 1. The van der Waals surface area contributed by atoms with Crippen LogP contribution in [0, 0.1) is 0 Å². The van der Waals surface area contributed by atoms with Crippen LogP contribution >= 0.6 is 11.3 Å². The standard InChI is InChI=1S/C21H22N4O4S/c1-2-29-21(27)25-11-15-16(12-25)30-18-17(15)22-19(13-4-3-5-14(26)10-13)23-20(18)24-6-8-28-9-7-24/h3-5,10,26H,2,6-9,11-12H2,1H3. The van der Waals surface area contributed by atoms with Crippen LogP contribution in [0.4, 0.5) is 10.6 Å². The number of phenolic OH excluding ortho intramolecular Hbond substituents is 1. The Labute approximate surface area is 177 Å². The minimum Gasteiger partial charge on any atom is -0.508 e. The van der Waals surface area contributed by atoms with Crippen LogP contribution in [0.3, 0.4) is 0 Å².